The number of carbonyl (C=O) groups is 1. The molecule has 2 rings (SSSR count). The number of hydrogen-bond acceptors (Lipinski definition) is 3. The van der Waals surface area contributed by atoms with Crippen LogP contribution in [0.4, 0.5) is 10.5 Å². The van der Waals surface area contributed by atoms with E-state index in [9.17, 15) is 4.79 Å². The summed E-state index contributed by atoms with van der Waals surface area (Å²) in [5.41, 5.74) is 1.87. The number of amides is 1. The molecule has 4 heteroatoms. The average Bonchev–Trinajstić information content (AvgIpc) is 2.52. The first-order chi connectivity index (χ1) is 11.4. The Morgan fingerprint density at radius 1 is 1.17 bits per heavy atom. The van der Waals surface area contributed by atoms with Crippen molar-refractivity contribution in [3.8, 4) is 18.1 Å². The van der Waals surface area contributed by atoms with Crippen molar-refractivity contribution in [1.82, 2.24) is 0 Å². The Kier molecular flexibility index (Phi) is 5.49. The topological polar surface area (TPSA) is 47.6 Å². The second-order valence-corrected chi connectivity index (χ2v) is 6.28. The van der Waals surface area contributed by atoms with Crippen LogP contribution < -0.4 is 10.1 Å². The molecule has 0 saturated carbocycles. The zero-order chi connectivity index (χ0) is 17.6. The van der Waals surface area contributed by atoms with Gasteiger partial charge in [0.2, 0.25) is 0 Å². The molecule has 0 unspecified atom stereocenters. The molecule has 124 valence electrons. The average molecular weight is 323 g/mol. The number of anilines is 1. The molecule has 1 amide bonds. The van der Waals surface area contributed by atoms with Crippen molar-refractivity contribution in [2.75, 3.05) is 5.32 Å². The van der Waals surface area contributed by atoms with Gasteiger partial charge in [0.15, 0.2) is 0 Å². The van der Waals surface area contributed by atoms with E-state index in [1.165, 1.54) is 0 Å². The van der Waals surface area contributed by atoms with E-state index in [2.05, 4.69) is 11.2 Å². The SMILES string of the molecule is C#Cc1ccc(OCc2cccc(NC(=O)OC(C)(C)C)c2)cc1. The van der Waals surface area contributed by atoms with Crippen molar-refractivity contribution in [3.05, 3.63) is 59.7 Å². The highest BCUT2D eigenvalue weighted by atomic mass is 16.6. The minimum atomic E-state index is -0.532. The fourth-order valence-corrected chi connectivity index (χ4v) is 1.97. The molecule has 0 aromatic heterocycles. The molecule has 0 radical (unpaired) electrons. The van der Waals surface area contributed by atoms with Gasteiger partial charge in [-0.15, -0.1) is 6.42 Å². The molecule has 0 aliphatic rings. The summed E-state index contributed by atoms with van der Waals surface area (Å²) in [6.07, 6.45) is 4.84. The second-order valence-electron chi connectivity index (χ2n) is 6.28. The number of benzene rings is 2. The van der Waals surface area contributed by atoms with Crippen molar-refractivity contribution >= 4 is 11.8 Å². The third-order valence-electron chi connectivity index (χ3n) is 3.00. The normalized spacial score (nSPS) is 10.6. The maximum atomic E-state index is 11.8. The van der Waals surface area contributed by atoms with E-state index < -0.39 is 11.7 Å². The zero-order valence-corrected chi connectivity index (χ0v) is 14.1. The summed E-state index contributed by atoms with van der Waals surface area (Å²) in [7, 11) is 0. The number of rotatable bonds is 4. The summed E-state index contributed by atoms with van der Waals surface area (Å²) < 4.78 is 11.0. The van der Waals surface area contributed by atoms with Crippen LogP contribution in [0.15, 0.2) is 48.5 Å². The Bertz CT molecular complexity index is 737. The Labute approximate surface area is 142 Å². The van der Waals surface area contributed by atoms with Crippen molar-refractivity contribution in [1.29, 1.82) is 0 Å². The first-order valence-electron chi connectivity index (χ1n) is 7.64. The van der Waals surface area contributed by atoms with Crippen LogP contribution in [0.3, 0.4) is 0 Å². The Hall–Kier alpha value is -2.93. The Morgan fingerprint density at radius 2 is 1.88 bits per heavy atom. The maximum Gasteiger partial charge on any atom is 0.412 e. The number of nitrogens with one attached hydrogen (secondary N) is 1. The first kappa shape index (κ1) is 17.4. The van der Waals surface area contributed by atoms with Crippen LogP contribution in [0.5, 0.6) is 5.75 Å². The molecule has 0 spiro atoms. The molecule has 0 fully saturated rings. The van der Waals surface area contributed by atoms with E-state index in [4.69, 9.17) is 15.9 Å². The highest BCUT2D eigenvalue weighted by Crippen LogP contribution is 2.17. The lowest BCUT2D eigenvalue weighted by atomic mass is 10.2. The van der Waals surface area contributed by atoms with Crippen LogP contribution >= 0.6 is 0 Å². The van der Waals surface area contributed by atoms with Crippen LogP contribution in [0, 0.1) is 12.3 Å². The van der Waals surface area contributed by atoms with Gasteiger partial charge in [0.05, 0.1) is 0 Å². The van der Waals surface area contributed by atoms with Crippen LogP contribution in [0.1, 0.15) is 31.9 Å². The van der Waals surface area contributed by atoms with Gasteiger partial charge in [0, 0.05) is 11.3 Å². The second kappa shape index (κ2) is 7.56. The third-order valence-corrected chi connectivity index (χ3v) is 3.00. The van der Waals surface area contributed by atoms with Crippen molar-refractivity contribution in [3.63, 3.8) is 0 Å². The summed E-state index contributed by atoms with van der Waals surface area (Å²) in [5, 5.41) is 2.71. The van der Waals surface area contributed by atoms with Crippen LogP contribution in [0.2, 0.25) is 0 Å². The van der Waals surface area contributed by atoms with Crippen molar-refractivity contribution in [2.24, 2.45) is 0 Å². The van der Waals surface area contributed by atoms with Gasteiger partial charge < -0.3 is 9.47 Å². The predicted molar refractivity (Wildman–Crippen MR) is 95.0 cm³/mol. The van der Waals surface area contributed by atoms with Gasteiger partial charge in [0.1, 0.15) is 18.0 Å². The van der Waals surface area contributed by atoms with E-state index in [0.29, 0.717) is 12.3 Å². The predicted octanol–water partition coefficient (Wildman–Crippen LogP) is 4.59. The molecular formula is C20H21NO3. The molecule has 4 nitrogen and oxygen atoms in total. The van der Waals surface area contributed by atoms with E-state index in [1.54, 1.807) is 6.07 Å². The largest absolute Gasteiger partial charge is 0.489 e. The smallest absolute Gasteiger partial charge is 0.412 e. The molecule has 0 heterocycles. The van der Waals surface area contributed by atoms with Gasteiger partial charge in [-0.25, -0.2) is 4.79 Å². The van der Waals surface area contributed by atoms with Crippen molar-refractivity contribution in [2.45, 2.75) is 33.0 Å². The Morgan fingerprint density at radius 3 is 2.50 bits per heavy atom. The van der Waals surface area contributed by atoms with E-state index in [1.807, 2.05) is 63.2 Å². The van der Waals surface area contributed by atoms with Gasteiger partial charge >= 0.3 is 6.09 Å². The molecule has 2 aromatic rings. The van der Waals surface area contributed by atoms with Crippen LogP contribution in [0.25, 0.3) is 0 Å². The van der Waals surface area contributed by atoms with Gasteiger partial charge in [-0.05, 0) is 62.7 Å². The van der Waals surface area contributed by atoms with Crippen LogP contribution in [-0.2, 0) is 11.3 Å². The number of ether oxygens (including phenoxy) is 2. The summed E-state index contributed by atoms with van der Waals surface area (Å²) in [6, 6.07) is 14.7. The number of terminal acetylenes is 1. The molecule has 0 aliphatic heterocycles. The molecule has 0 aliphatic carbocycles. The van der Waals surface area contributed by atoms with Gasteiger partial charge in [-0.3, -0.25) is 5.32 Å². The standard InChI is InChI=1S/C20H21NO3/c1-5-15-9-11-18(12-10-15)23-14-16-7-6-8-17(13-16)21-19(22)24-20(2,3)4/h1,6-13H,14H2,2-4H3,(H,21,22). The Balaban J connectivity index is 1.94. The lowest BCUT2D eigenvalue weighted by molar-refractivity contribution is 0.0636. The molecule has 0 saturated heterocycles. The van der Waals surface area contributed by atoms with E-state index in [-0.39, 0.29) is 0 Å². The van der Waals surface area contributed by atoms with E-state index >= 15 is 0 Å². The molecule has 1 N–H and O–H groups in total. The van der Waals surface area contributed by atoms with Gasteiger partial charge in [0.25, 0.3) is 0 Å². The summed E-state index contributed by atoms with van der Waals surface area (Å²) in [5.74, 6) is 3.30. The third kappa shape index (κ3) is 5.69. The number of hydrogen-bond donors (Lipinski definition) is 1. The summed E-state index contributed by atoms with van der Waals surface area (Å²) >= 11 is 0. The minimum Gasteiger partial charge on any atom is -0.489 e. The zero-order valence-electron chi connectivity index (χ0n) is 14.1. The highest BCUT2D eigenvalue weighted by Gasteiger charge is 2.16. The summed E-state index contributed by atoms with van der Waals surface area (Å²) in [4.78, 5) is 11.8. The molecule has 2 aromatic carbocycles. The fourth-order valence-electron chi connectivity index (χ4n) is 1.97. The highest BCUT2D eigenvalue weighted by molar-refractivity contribution is 5.84. The van der Waals surface area contributed by atoms with Crippen LogP contribution in [-0.4, -0.2) is 11.7 Å². The van der Waals surface area contributed by atoms with Crippen molar-refractivity contribution < 1.29 is 14.3 Å². The first-order valence-corrected chi connectivity index (χ1v) is 7.64. The monoisotopic (exact) mass is 323 g/mol. The molecular weight excluding hydrogens is 302 g/mol. The quantitative estimate of drug-likeness (QED) is 0.837. The lowest BCUT2D eigenvalue weighted by Crippen LogP contribution is -2.27. The van der Waals surface area contributed by atoms with Gasteiger partial charge in [-0.2, -0.15) is 0 Å². The fraction of sp³-hybridized carbons (Fsp3) is 0.250. The lowest BCUT2D eigenvalue weighted by Gasteiger charge is -2.19. The van der Waals surface area contributed by atoms with E-state index in [0.717, 1.165) is 16.9 Å². The van der Waals surface area contributed by atoms with Gasteiger partial charge in [-0.1, -0.05) is 18.1 Å². The number of carbonyl (C=O) groups excluding carboxylic acids is 1. The molecule has 0 bridgehead atoms. The minimum absolute atomic E-state index is 0.388. The maximum absolute atomic E-state index is 11.8. The summed E-state index contributed by atoms with van der Waals surface area (Å²) in [6.45, 7) is 5.85. The molecule has 24 heavy (non-hydrogen) atoms. The molecule has 0 atom stereocenters.